The summed E-state index contributed by atoms with van der Waals surface area (Å²) in [6.45, 7) is 4.61. The number of hydrogen-bond donors (Lipinski definition) is 2. The van der Waals surface area contributed by atoms with E-state index in [1.165, 1.54) is 16.6 Å². The first kappa shape index (κ1) is 23.5. The summed E-state index contributed by atoms with van der Waals surface area (Å²) in [5.41, 5.74) is 8.65. The summed E-state index contributed by atoms with van der Waals surface area (Å²) in [6.07, 6.45) is 3.98. The molecule has 0 bridgehead atoms. The molecule has 0 radical (unpaired) electrons. The van der Waals surface area contributed by atoms with Gasteiger partial charge in [0.2, 0.25) is 5.95 Å². The van der Waals surface area contributed by atoms with Crippen molar-refractivity contribution in [3.05, 3.63) is 95.7 Å². The minimum Gasteiger partial charge on any atom is -0.368 e. The van der Waals surface area contributed by atoms with Crippen molar-refractivity contribution in [1.82, 2.24) is 19.4 Å². The molecule has 0 aliphatic heterocycles. The lowest BCUT2D eigenvalue weighted by Crippen LogP contribution is -2.21. The zero-order valence-electron chi connectivity index (χ0n) is 20.9. The van der Waals surface area contributed by atoms with Gasteiger partial charge in [-0.25, -0.2) is 10.4 Å². The molecule has 5 rings (SSSR count). The second kappa shape index (κ2) is 10.6. The zero-order chi connectivity index (χ0) is 24.9. The second-order valence-electron chi connectivity index (χ2n) is 9.23. The zero-order valence-corrected chi connectivity index (χ0v) is 20.9. The van der Waals surface area contributed by atoms with Gasteiger partial charge in [0.15, 0.2) is 0 Å². The Bertz CT molecular complexity index is 1500. The van der Waals surface area contributed by atoms with E-state index in [2.05, 4.69) is 111 Å². The third-order valence-corrected chi connectivity index (χ3v) is 6.12. The molecule has 0 unspecified atom stereocenters. The average molecular weight is 478 g/mol. The van der Waals surface area contributed by atoms with Crippen LogP contribution in [0.25, 0.3) is 21.8 Å². The predicted octanol–water partition coefficient (Wildman–Crippen LogP) is 5.36. The van der Waals surface area contributed by atoms with Gasteiger partial charge in [-0.3, -0.25) is 0 Å². The maximum Gasteiger partial charge on any atom is 0.246 e. The standard InChI is InChI=1S/C29H31N7/c1-21-12-14-22(15-13-21)19-36-20-23(24-8-5-7-11-27(24)36)18-31-34-29-32-26-10-6-4-9-25(26)28(33-29)30-16-17-35(2)3/h4-15,18,20H,16-17,19H2,1-3H3,(H2,30,32,33,34)/b31-18+. The first-order chi connectivity index (χ1) is 17.6. The Morgan fingerprint density at radius 3 is 2.47 bits per heavy atom. The molecule has 3 aromatic carbocycles. The number of hydrazone groups is 1. The van der Waals surface area contributed by atoms with Gasteiger partial charge < -0.3 is 14.8 Å². The lowest BCUT2D eigenvalue weighted by atomic mass is 10.1. The first-order valence-electron chi connectivity index (χ1n) is 12.1. The van der Waals surface area contributed by atoms with Crippen molar-refractivity contribution in [3.63, 3.8) is 0 Å². The minimum atomic E-state index is 0.459. The Hall–Kier alpha value is -4.23. The van der Waals surface area contributed by atoms with E-state index < -0.39 is 0 Å². The van der Waals surface area contributed by atoms with Gasteiger partial charge in [0.1, 0.15) is 5.82 Å². The summed E-state index contributed by atoms with van der Waals surface area (Å²) < 4.78 is 2.26. The van der Waals surface area contributed by atoms with Crippen molar-refractivity contribution < 1.29 is 0 Å². The number of aromatic nitrogens is 3. The SMILES string of the molecule is Cc1ccc(Cn2cc(/C=N/Nc3nc(NCCN(C)C)c4ccccc4n3)c3ccccc32)cc1. The molecule has 2 N–H and O–H groups in total. The third kappa shape index (κ3) is 5.37. The van der Waals surface area contributed by atoms with Crippen molar-refractivity contribution in [3.8, 4) is 0 Å². The first-order valence-corrected chi connectivity index (χ1v) is 12.1. The van der Waals surface area contributed by atoms with Crippen molar-refractivity contribution in [1.29, 1.82) is 0 Å². The van der Waals surface area contributed by atoms with E-state index in [0.717, 1.165) is 47.3 Å². The fraction of sp³-hybridized carbons (Fsp3) is 0.207. The fourth-order valence-corrected chi connectivity index (χ4v) is 4.22. The van der Waals surface area contributed by atoms with Crippen LogP contribution in [0.3, 0.4) is 0 Å². The van der Waals surface area contributed by atoms with Crippen LogP contribution >= 0.6 is 0 Å². The number of nitrogens with zero attached hydrogens (tertiary/aromatic N) is 5. The molecule has 0 amide bonds. The van der Waals surface area contributed by atoms with E-state index in [1.807, 2.05) is 30.5 Å². The number of anilines is 2. The van der Waals surface area contributed by atoms with Crippen LogP contribution in [0.1, 0.15) is 16.7 Å². The number of aryl methyl sites for hydroxylation is 1. The molecule has 182 valence electrons. The minimum absolute atomic E-state index is 0.459. The molecule has 2 heterocycles. The topological polar surface area (TPSA) is 70.4 Å². The summed E-state index contributed by atoms with van der Waals surface area (Å²) in [5, 5.41) is 10.1. The number of hydrogen-bond acceptors (Lipinski definition) is 6. The Morgan fingerprint density at radius 1 is 0.917 bits per heavy atom. The van der Waals surface area contributed by atoms with Crippen molar-refractivity contribution in [2.24, 2.45) is 5.10 Å². The van der Waals surface area contributed by atoms with Gasteiger partial charge in [-0.05, 0) is 44.8 Å². The van der Waals surface area contributed by atoms with Crippen LogP contribution in [0, 0.1) is 6.92 Å². The van der Waals surface area contributed by atoms with E-state index in [0.29, 0.717) is 5.95 Å². The van der Waals surface area contributed by atoms with Crippen LogP contribution in [0.15, 0.2) is 84.1 Å². The summed E-state index contributed by atoms with van der Waals surface area (Å²) in [6, 6.07) is 25.1. The molecular formula is C29H31N7. The molecule has 7 heteroatoms. The van der Waals surface area contributed by atoms with Crippen LogP contribution in [0.2, 0.25) is 0 Å². The van der Waals surface area contributed by atoms with Crippen LogP contribution in [-0.4, -0.2) is 52.8 Å². The molecule has 0 aliphatic carbocycles. The molecule has 0 spiro atoms. The Labute approximate surface area is 211 Å². The van der Waals surface area contributed by atoms with Gasteiger partial charge in [-0.2, -0.15) is 10.1 Å². The lowest BCUT2D eigenvalue weighted by Gasteiger charge is -2.13. The smallest absolute Gasteiger partial charge is 0.246 e. The number of fused-ring (bicyclic) bond motifs is 2. The van der Waals surface area contributed by atoms with E-state index in [9.17, 15) is 0 Å². The van der Waals surface area contributed by atoms with Crippen LogP contribution in [0.4, 0.5) is 11.8 Å². The van der Waals surface area contributed by atoms with Gasteiger partial charge in [0, 0.05) is 47.7 Å². The Balaban J connectivity index is 1.38. The predicted molar refractivity (Wildman–Crippen MR) is 150 cm³/mol. The maximum atomic E-state index is 4.69. The molecule has 36 heavy (non-hydrogen) atoms. The third-order valence-electron chi connectivity index (χ3n) is 6.12. The highest BCUT2D eigenvalue weighted by molar-refractivity contribution is 5.99. The highest BCUT2D eigenvalue weighted by Gasteiger charge is 2.09. The summed E-state index contributed by atoms with van der Waals surface area (Å²) >= 11 is 0. The lowest BCUT2D eigenvalue weighted by molar-refractivity contribution is 0.425. The second-order valence-corrected chi connectivity index (χ2v) is 9.23. The van der Waals surface area contributed by atoms with Crippen molar-refractivity contribution >= 4 is 39.8 Å². The monoisotopic (exact) mass is 477 g/mol. The quantitative estimate of drug-likeness (QED) is 0.221. The van der Waals surface area contributed by atoms with Gasteiger partial charge in [-0.15, -0.1) is 0 Å². The molecule has 0 aliphatic rings. The van der Waals surface area contributed by atoms with E-state index in [-0.39, 0.29) is 0 Å². The van der Waals surface area contributed by atoms with Crippen LogP contribution in [-0.2, 0) is 6.54 Å². The average Bonchev–Trinajstić information content (AvgIpc) is 3.22. The van der Waals surface area contributed by atoms with E-state index in [4.69, 9.17) is 0 Å². The van der Waals surface area contributed by atoms with E-state index in [1.54, 1.807) is 0 Å². The summed E-state index contributed by atoms with van der Waals surface area (Å²) in [5.74, 6) is 1.26. The van der Waals surface area contributed by atoms with Gasteiger partial charge in [0.05, 0.1) is 11.7 Å². The van der Waals surface area contributed by atoms with Crippen molar-refractivity contribution in [2.45, 2.75) is 13.5 Å². The number of rotatable bonds is 9. The number of likely N-dealkylation sites (N-methyl/N-ethyl adjacent to an activating group) is 1. The molecular weight excluding hydrogens is 446 g/mol. The summed E-state index contributed by atoms with van der Waals surface area (Å²) in [4.78, 5) is 11.5. The molecule has 0 fully saturated rings. The normalized spacial score (nSPS) is 11.7. The highest BCUT2D eigenvalue weighted by Crippen LogP contribution is 2.23. The Kier molecular flexibility index (Phi) is 6.91. The molecule has 0 saturated heterocycles. The van der Waals surface area contributed by atoms with Gasteiger partial charge >= 0.3 is 0 Å². The largest absolute Gasteiger partial charge is 0.368 e. The molecule has 2 aromatic heterocycles. The van der Waals surface area contributed by atoms with Crippen molar-refractivity contribution in [2.75, 3.05) is 37.9 Å². The Morgan fingerprint density at radius 2 is 1.67 bits per heavy atom. The summed E-state index contributed by atoms with van der Waals surface area (Å²) in [7, 11) is 4.11. The highest BCUT2D eigenvalue weighted by atomic mass is 15.4. The van der Waals surface area contributed by atoms with Gasteiger partial charge in [-0.1, -0.05) is 60.2 Å². The number of benzene rings is 3. The molecule has 0 saturated carbocycles. The maximum absolute atomic E-state index is 4.69. The van der Waals surface area contributed by atoms with Crippen LogP contribution < -0.4 is 10.7 Å². The van der Waals surface area contributed by atoms with Crippen LogP contribution in [0.5, 0.6) is 0 Å². The number of nitrogens with one attached hydrogen (secondary N) is 2. The van der Waals surface area contributed by atoms with Gasteiger partial charge in [0.25, 0.3) is 0 Å². The fourth-order valence-electron chi connectivity index (χ4n) is 4.22. The molecule has 7 nitrogen and oxygen atoms in total. The van der Waals surface area contributed by atoms with E-state index >= 15 is 0 Å². The number of para-hydroxylation sites is 2. The molecule has 0 atom stereocenters. The molecule has 5 aromatic rings.